The zero-order chi connectivity index (χ0) is 17.7. The van der Waals surface area contributed by atoms with Crippen molar-refractivity contribution in [2.24, 2.45) is 0 Å². The fraction of sp³-hybridized carbons (Fsp3) is 0.400. The van der Waals surface area contributed by atoms with Crippen LogP contribution in [0.15, 0.2) is 48.7 Å². The van der Waals surface area contributed by atoms with Crippen LogP contribution in [0.5, 0.6) is 0 Å². The Bertz CT molecular complexity index is 693. The van der Waals surface area contributed by atoms with Crippen molar-refractivity contribution in [2.45, 2.75) is 32.0 Å². The van der Waals surface area contributed by atoms with E-state index in [1.165, 1.54) is 0 Å². The second kappa shape index (κ2) is 7.76. The van der Waals surface area contributed by atoms with Gasteiger partial charge < -0.3 is 14.7 Å². The maximum absolute atomic E-state index is 12.3. The summed E-state index contributed by atoms with van der Waals surface area (Å²) >= 11 is 0. The number of aliphatic hydroxyl groups is 1. The molecule has 1 saturated heterocycles. The van der Waals surface area contributed by atoms with E-state index in [4.69, 9.17) is 4.74 Å². The highest BCUT2D eigenvalue weighted by atomic mass is 16.5. The number of aryl methyl sites for hydroxylation is 1. The average molecular weight is 340 g/mol. The molecule has 2 aromatic rings. The van der Waals surface area contributed by atoms with Gasteiger partial charge in [0.2, 0.25) is 5.91 Å². The van der Waals surface area contributed by atoms with Gasteiger partial charge in [-0.3, -0.25) is 9.78 Å². The fourth-order valence-corrected chi connectivity index (χ4v) is 3.05. The molecule has 132 valence electrons. The summed E-state index contributed by atoms with van der Waals surface area (Å²) in [4.78, 5) is 18.4. The maximum Gasteiger partial charge on any atom is 0.248 e. The lowest BCUT2D eigenvalue weighted by Crippen LogP contribution is -2.46. The molecule has 0 saturated carbocycles. The summed E-state index contributed by atoms with van der Waals surface area (Å²) < 4.78 is 5.52. The predicted octanol–water partition coefficient (Wildman–Crippen LogP) is 2.42. The predicted molar refractivity (Wildman–Crippen MR) is 94.8 cm³/mol. The Morgan fingerprint density at radius 3 is 2.56 bits per heavy atom. The van der Waals surface area contributed by atoms with E-state index in [1.54, 1.807) is 11.1 Å². The minimum absolute atomic E-state index is 0.0325. The van der Waals surface area contributed by atoms with Crippen LogP contribution >= 0.6 is 0 Å². The molecule has 1 aliphatic heterocycles. The number of piperidine rings is 1. The quantitative estimate of drug-likeness (QED) is 0.908. The highest BCUT2D eigenvalue weighted by Crippen LogP contribution is 2.31. The summed E-state index contributed by atoms with van der Waals surface area (Å²) in [7, 11) is 0. The molecule has 1 N–H and O–H groups in total. The van der Waals surface area contributed by atoms with Gasteiger partial charge in [0.05, 0.1) is 12.3 Å². The summed E-state index contributed by atoms with van der Waals surface area (Å²) in [5, 5.41) is 10.8. The molecular formula is C20H24N2O3. The topological polar surface area (TPSA) is 62.7 Å². The summed E-state index contributed by atoms with van der Waals surface area (Å²) in [5.74, 6) is -0.0325. The van der Waals surface area contributed by atoms with E-state index < -0.39 is 5.60 Å². The summed E-state index contributed by atoms with van der Waals surface area (Å²) in [6, 6.07) is 13.6. The lowest BCUT2D eigenvalue weighted by molar-refractivity contribution is -0.141. The monoisotopic (exact) mass is 340 g/mol. The SMILES string of the molecule is Cc1ccc(C2(O)CCN(C(=O)COCc3ccccc3)CC2)nc1. The van der Waals surface area contributed by atoms with Gasteiger partial charge in [-0.25, -0.2) is 0 Å². The highest BCUT2D eigenvalue weighted by molar-refractivity contribution is 5.77. The molecule has 1 aromatic carbocycles. The first kappa shape index (κ1) is 17.6. The van der Waals surface area contributed by atoms with Gasteiger partial charge in [-0.05, 0) is 37.0 Å². The number of carbonyl (C=O) groups is 1. The average Bonchev–Trinajstić information content (AvgIpc) is 2.63. The number of nitrogens with zero attached hydrogens (tertiary/aromatic N) is 2. The van der Waals surface area contributed by atoms with E-state index in [9.17, 15) is 9.90 Å². The number of benzene rings is 1. The number of hydrogen-bond donors (Lipinski definition) is 1. The molecule has 1 aromatic heterocycles. The lowest BCUT2D eigenvalue weighted by atomic mass is 9.87. The molecule has 0 atom stereocenters. The molecule has 1 amide bonds. The maximum atomic E-state index is 12.3. The largest absolute Gasteiger partial charge is 0.383 e. The molecule has 1 aliphatic rings. The summed E-state index contributed by atoms with van der Waals surface area (Å²) in [6.07, 6.45) is 2.75. The van der Waals surface area contributed by atoms with E-state index in [2.05, 4.69) is 4.98 Å². The standard InChI is InChI=1S/C20H24N2O3/c1-16-7-8-18(21-13-16)20(24)9-11-22(12-10-20)19(23)15-25-14-17-5-3-2-4-6-17/h2-8,13,24H,9-12,14-15H2,1H3. The third-order valence-corrected chi connectivity index (χ3v) is 4.67. The Labute approximate surface area is 148 Å². The molecule has 5 heteroatoms. The Balaban J connectivity index is 1.48. The van der Waals surface area contributed by atoms with Gasteiger partial charge in [0.1, 0.15) is 12.2 Å². The minimum atomic E-state index is -0.949. The lowest BCUT2D eigenvalue weighted by Gasteiger charge is -2.37. The molecule has 3 rings (SSSR count). The number of carbonyl (C=O) groups excluding carboxylic acids is 1. The number of likely N-dealkylation sites (tertiary alicyclic amines) is 1. The van der Waals surface area contributed by atoms with Crippen LogP contribution in [0.4, 0.5) is 0 Å². The van der Waals surface area contributed by atoms with Gasteiger partial charge >= 0.3 is 0 Å². The Kier molecular flexibility index (Phi) is 5.46. The van der Waals surface area contributed by atoms with Crippen LogP contribution in [0.1, 0.15) is 29.7 Å². The molecular weight excluding hydrogens is 316 g/mol. The van der Waals surface area contributed by atoms with Crippen molar-refractivity contribution < 1.29 is 14.6 Å². The van der Waals surface area contributed by atoms with Crippen LogP contribution in [0, 0.1) is 6.92 Å². The zero-order valence-corrected chi connectivity index (χ0v) is 14.5. The molecule has 0 unspecified atom stereocenters. The molecule has 0 radical (unpaired) electrons. The first-order chi connectivity index (χ1) is 12.1. The van der Waals surface area contributed by atoms with E-state index in [1.807, 2.05) is 49.4 Å². The number of pyridine rings is 1. The van der Waals surface area contributed by atoms with Gasteiger partial charge in [0.15, 0.2) is 0 Å². The van der Waals surface area contributed by atoms with Crippen LogP contribution < -0.4 is 0 Å². The van der Waals surface area contributed by atoms with Crippen molar-refractivity contribution >= 4 is 5.91 Å². The molecule has 1 fully saturated rings. The van der Waals surface area contributed by atoms with E-state index in [0.29, 0.717) is 38.2 Å². The van der Waals surface area contributed by atoms with Crippen molar-refractivity contribution in [3.05, 3.63) is 65.5 Å². The Hall–Kier alpha value is -2.24. The zero-order valence-electron chi connectivity index (χ0n) is 14.5. The number of rotatable bonds is 5. The van der Waals surface area contributed by atoms with Crippen LogP contribution in [-0.4, -0.2) is 40.6 Å². The second-order valence-corrected chi connectivity index (χ2v) is 6.61. The van der Waals surface area contributed by atoms with Crippen molar-refractivity contribution in [3.63, 3.8) is 0 Å². The Morgan fingerprint density at radius 1 is 1.20 bits per heavy atom. The first-order valence-corrected chi connectivity index (χ1v) is 8.62. The van der Waals surface area contributed by atoms with Crippen LogP contribution in [0.25, 0.3) is 0 Å². The van der Waals surface area contributed by atoms with Gasteiger partial charge in [0, 0.05) is 19.3 Å². The summed E-state index contributed by atoms with van der Waals surface area (Å²) in [6.45, 7) is 3.49. The third-order valence-electron chi connectivity index (χ3n) is 4.67. The normalized spacial score (nSPS) is 16.6. The smallest absolute Gasteiger partial charge is 0.248 e. The number of hydrogen-bond acceptors (Lipinski definition) is 4. The van der Waals surface area contributed by atoms with E-state index in [0.717, 1.165) is 11.1 Å². The van der Waals surface area contributed by atoms with Crippen LogP contribution in [0.2, 0.25) is 0 Å². The van der Waals surface area contributed by atoms with E-state index in [-0.39, 0.29) is 12.5 Å². The van der Waals surface area contributed by atoms with Gasteiger partial charge in [0.25, 0.3) is 0 Å². The molecule has 25 heavy (non-hydrogen) atoms. The van der Waals surface area contributed by atoms with Gasteiger partial charge in [-0.15, -0.1) is 0 Å². The van der Waals surface area contributed by atoms with Gasteiger partial charge in [-0.1, -0.05) is 36.4 Å². The number of ether oxygens (including phenoxy) is 1. The van der Waals surface area contributed by atoms with Crippen molar-refractivity contribution in [1.82, 2.24) is 9.88 Å². The van der Waals surface area contributed by atoms with E-state index >= 15 is 0 Å². The van der Waals surface area contributed by atoms with Crippen LogP contribution in [-0.2, 0) is 21.7 Å². The van der Waals surface area contributed by atoms with Gasteiger partial charge in [-0.2, -0.15) is 0 Å². The first-order valence-electron chi connectivity index (χ1n) is 8.62. The molecule has 0 bridgehead atoms. The number of amides is 1. The minimum Gasteiger partial charge on any atom is -0.383 e. The van der Waals surface area contributed by atoms with Crippen LogP contribution in [0.3, 0.4) is 0 Å². The third kappa shape index (κ3) is 4.44. The fourth-order valence-electron chi connectivity index (χ4n) is 3.05. The van der Waals surface area contributed by atoms with Crippen molar-refractivity contribution in [1.29, 1.82) is 0 Å². The molecule has 2 heterocycles. The molecule has 5 nitrogen and oxygen atoms in total. The molecule has 0 spiro atoms. The summed E-state index contributed by atoms with van der Waals surface area (Å²) in [5.41, 5.74) is 1.85. The van der Waals surface area contributed by atoms with Crippen molar-refractivity contribution in [3.8, 4) is 0 Å². The van der Waals surface area contributed by atoms with Crippen molar-refractivity contribution in [2.75, 3.05) is 19.7 Å². The second-order valence-electron chi connectivity index (χ2n) is 6.61. The molecule has 0 aliphatic carbocycles. The highest BCUT2D eigenvalue weighted by Gasteiger charge is 2.36. The number of aromatic nitrogens is 1. The Morgan fingerprint density at radius 2 is 1.92 bits per heavy atom.